The molecule has 1 aliphatic heterocycles. The smallest absolute Gasteiger partial charge is 0.347 e. The molecule has 7 nitrogen and oxygen atoms in total. The first-order valence-electron chi connectivity index (χ1n) is 6.90. The third-order valence-electron chi connectivity index (χ3n) is 3.57. The van der Waals surface area contributed by atoms with E-state index in [1.165, 1.54) is 4.40 Å². The van der Waals surface area contributed by atoms with Crippen LogP contribution in [0.15, 0.2) is 35.3 Å². The molecule has 2 N–H and O–H groups in total. The van der Waals surface area contributed by atoms with Crippen molar-refractivity contribution < 1.29 is 9.47 Å². The van der Waals surface area contributed by atoms with Crippen LogP contribution in [0.2, 0.25) is 0 Å². The Hall–Kier alpha value is -2.96. The van der Waals surface area contributed by atoms with E-state index in [4.69, 9.17) is 9.47 Å². The number of benzene rings is 1. The first-order chi connectivity index (χ1) is 10.7. The van der Waals surface area contributed by atoms with Crippen molar-refractivity contribution in [1.29, 1.82) is 0 Å². The molecule has 4 rings (SSSR count). The van der Waals surface area contributed by atoms with Gasteiger partial charge in [-0.1, -0.05) is 6.07 Å². The van der Waals surface area contributed by atoms with Crippen LogP contribution in [0.4, 0.5) is 5.69 Å². The summed E-state index contributed by atoms with van der Waals surface area (Å²) in [6, 6.07) is 7.77. The second kappa shape index (κ2) is 4.80. The number of hydrogen-bond acceptors (Lipinski definition) is 5. The first kappa shape index (κ1) is 12.8. The van der Waals surface area contributed by atoms with Crippen LogP contribution in [0.3, 0.4) is 0 Å². The monoisotopic (exact) mass is 298 g/mol. The van der Waals surface area contributed by atoms with Gasteiger partial charge in [0, 0.05) is 12.7 Å². The fraction of sp³-hybridized carbons (Fsp3) is 0.200. The molecule has 112 valence electrons. The van der Waals surface area contributed by atoms with E-state index in [1.54, 1.807) is 6.20 Å². The summed E-state index contributed by atoms with van der Waals surface area (Å²) in [4.78, 5) is 11.7. The number of H-pyrrole nitrogens is 1. The van der Waals surface area contributed by atoms with E-state index in [2.05, 4.69) is 15.5 Å². The normalized spacial score (nSPS) is 12.8. The zero-order valence-corrected chi connectivity index (χ0v) is 11.9. The number of aryl methyl sites for hydroxylation is 1. The number of aromatic nitrogens is 3. The molecular weight excluding hydrogens is 284 g/mol. The number of pyridine rings is 1. The van der Waals surface area contributed by atoms with Gasteiger partial charge >= 0.3 is 5.69 Å². The third kappa shape index (κ3) is 2.07. The molecule has 0 saturated carbocycles. The highest BCUT2D eigenvalue weighted by Gasteiger charge is 2.13. The predicted octanol–water partition coefficient (Wildman–Crippen LogP) is 1.67. The number of fused-ring (bicyclic) bond motifs is 2. The Balaban J connectivity index is 1.63. The molecule has 2 aromatic heterocycles. The molecule has 22 heavy (non-hydrogen) atoms. The van der Waals surface area contributed by atoms with Gasteiger partial charge in [0.25, 0.3) is 0 Å². The molecule has 0 atom stereocenters. The molecule has 1 aromatic carbocycles. The minimum Gasteiger partial charge on any atom is -0.454 e. The van der Waals surface area contributed by atoms with Crippen molar-refractivity contribution in [1.82, 2.24) is 14.6 Å². The Bertz CT molecular complexity index is 913. The summed E-state index contributed by atoms with van der Waals surface area (Å²) in [5, 5.41) is 9.82. The molecule has 7 heteroatoms. The van der Waals surface area contributed by atoms with Crippen LogP contribution in [0.5, 0.6) is 11.5 Å². The molecule has 0 fully saturated rings. The molecule has 0 spiro atoms. The second-order valence-corrected chi connectivity index (χ2v) is 5.19. The van der Waals surface area contributed by atoms with Crippen molar-refractivity contribution in [2.45, 2.75) is 13.5 Å². The number of nitrogens with zero attached hydrogens (tertiary/aromatic N) is 2. The predicted molar refractivity (Wildman–Crippen MR) is 80.4 cm³/mol. The fourth-order valence-electron chi connectivity index (χ4n) is 2.53. The Labute approximate surface area is 125 Å². The summed E-state index contributed by atoms with van der Waals surface area (Å²) in [5.41, 5.74) is 3.17. The Morgan fingerprint density at radius 1 is 1.32 bits per heavy atom. The lowest BCUT2D eigenvalue weighted by molar-refractivity contribution is 0.174. The number of rotatable bonds is 3. The van der Waals surface area contributed by atoms with Gasteiger partial charge < -0.3 is 14.8 Å². The Kier molecular flexibility index (Phi) is 2.78. The SMILES string of the molecule is Cc1cc(NCc2ccc3c(c2)OCO3)c2n[nH]c(=O)n2c1. The maximum atomic E-state index is 11.7. The standard InChI is InChI=1S/C15H14N4O3/c1-9-4-11(14-17-18-15(20)19(14)7-9)16-6-10-2-3-12-13(5-10)22-8-21-12/h2-5,7,16H,6,8H2,1H3,(H,18,20). The Morgan fingerprint density at radius 2 is 2.18 bits per heavy atom. The van der Waals surface area contributed by atoms with Crippen molar-refractivity contribution in [3.8, 4) is 11.5 Å². The van der Waals surface area contributed by atoms with E-state index in [0.29, 0.717) is 12.2 Å². The maximum absolute atomic E-state index is 11.7. The lowest BCUT2D eigenvalue weighted by Crippen LogP contribution is -2.10. The van der Waals surface area contributed by atoms with E-state index < -0.39 is 0 Å². The van der Waals surface area contributed by atoms with E-state index >= 15 is 0 Å². The summed E-state index contributed by atoms with van der Waals surface area (Å²) >= 11 is 0. The van der Waals surface area contributed by atoms with Crippen molar-refractivity contribution >= 4 is 11.3 Å². The maximum Gasteiger partial charge on any atom is 0.347 e. The largest absolute Gasteiger partial charge is 0.454 e. The van der Waals surface area contributed by atoms with Crippen LogP contribution < -0.4 is 20.5 Å². The summed E-state index contributed by atoms with van der Waals surface area (Å²) < 4.78 is 12.2. The van der Waals surface area contributed by atoms with Crippen LogP contribution in [-0.2, 0) is 6.54 Å². The zero-order valence-electron chi connectivity index (χ0n) is 11.9. The highest BCUT2D eigenvalue weighted by molar-refractivity contribution is 5.67. The van der Waals surface area contributed by atoms with Crippen molar-refractivity contribution in [2.75, 3.05) is 12.1 Å². The van der Waals surface area contributed by atoms with Gasteiger partial charge in [-0.25, -0.2) is 14.3 Å². The van der Waals surface area contributed by atoms with Crippen LogP contribution in [-0.4, -0.2) is 21.4 Å². The van der Waals surface area contributed by atoms with Crippen LogP contribution in [0.1, 0.15) is 11.1 Å². The summed E-state index contributed by atoms with van der Waals surface area (Å²) in [6.45, 7) is 2.79. The van der Waals surface area contributed by atoms with Crippen molar-refractivity contribution in [3.05, 3.63) is 52.1 Å². The average Bonchev–Trinajstić information content (AvgIpc) is 3.11. The second-order valence-electron chi connectivity index (χ2n) is 5.19. The van der Waals surface area contributed by atoms with Gasteiger partial charge in [0.15, 0.2) is 17.1 Å². The van der Waals surface area contributed by atoms with Crippen LogP contribution in [0.25, 0.3) is 5.65 Å². The van der Waals surface area contributed by atoms with Gasteiger partial charge in [0.05, 0.1) is 5.69 Å². The first-order valence-corrected chi connectivity index (χ1v) is 6.90. The van der Waals surface area contributed by atoms with Gasteiger partial charge in [-0.05, 0) is 36.2 Å². The van der Waals surface area contributed by atoms with Crippen molar-refractivity contribution in [2.24, 2.45) is 0 Å². The number of hydrogen-bond donors (Lipinski definition) is 2. The lowest BCUT2D eigenvalue weighted by Gasteiger charge is -2.09. The van der Waals surface area contributed by atoms with Crippen LogP contribution in [0, 0.1) is 6.92 Å². The summed E-state index contributed by atoms with van der Waals surface area (Å²) in [6.07, 6.45) is 1.76. The molecule has 0 bridgehead atoms. The Morgan fingerprint density at radius 3 is 3.09 bits per heavy atom. The third-order valence-corrected chi connectivity index (χ3v) is 3.57. The minimum absolute atomic E-state index is 0.246. The summed E-state index contributed by atoms with van der Waals surface area (Å²) in [5.74, 6) is 1.52. The number of ether oxygens (including phenoxy) is 2. The molecule has 3 aromatic rings. The molecule has 0 saturated heterocycles. The van der Waals surface area contributed by atoms with Gasteiger partial charge in [0.2, 0.25) is 6.79 Å². The quantitative estimate of drug-likeness (QED) is 0.769. The van der Waals surface area contributed by atoms with E-state index in [1.807, 2.05) is 31.2 Å². The van der Waals surface area contributed by atoms with Gasteiger partial charge in [0.1, 0.15) is 0 Å². The summed E-state index contributed by atoms with van der Waals surface area (Å²) in [7, 11) is 0. The highest BCUT2D eigenvalue weighted by Crippen LogP contribution is 2.32. The topological polar surface area (TPSA) is 80.6 Å². The minimum atomic E-state index is -0.246. The van der Waals surface area contributed by atoms with E-state index in [9.17, 15) is 4.79 Å². The number of anilines is 1. The van der Waals surface area contributed by atoms with E-state index in [0.717, 1.165) is 28.3 Å². The van der Waals surface area contributed by atoms with E-state index in [-0.39, 0.29) is 12.5 Å². The molecule has 1 aliphatic rings. The number of nitrogens with one attached hydrogen (secondary N) is 2. The molecule has 0 amide bonds. The fourth-order valence-corrected chi connectivity index (χ4v) is 2.53. The van der Waals surface area contributed by atoms with Crippen LogP contribution >= 0.6 is 0 Å². The molecule has 0 radical (unpaired) electrons. The average molecular weight is 298 g/mol. The molecule has 3 heterocycles. The van der Waals surface area contributed by atoms with Gasteiger partial charge in [-0.3, -0.25) is 0 Å². The number of aromatic amines is 1. The molecule has 0 aliphatic carbocycles. The van der Waals surface area contributed by atoms with Crippen molar-refractivity contribution in [3.63, 3.8) is 0 Å². The molecular formula is C15H14N4O3. The van der Waals surface area contributed by atoms with Gasteiger partial charge in [-0.2, -0.15) is 5.10 Å². The van der Waals surface area contributed by atoms with Gasteiger partial charge in [-0.15, -0.1) is 0 Å². The molecule has 0 unspecified atom stereocenters. The lowest BCUT2D eigenvalue weighted by atomic mass is 10.2. The zero-order chi connectivity index (χ0) is 15.1. The highest BCUT2D eigenvalue weighted by atomic mass is 16.7.